The first kappa shape index (κ1) is 16.3. The summed E-state index contributed by atoms with van der Waals surface area (Å²) in [5.74, 6) is -1.11. The van der Waals surface area contributed by atoms with E-state index >= 15 is 0 Å². The molecule has 2 fully saturated rings. The molecular formula is C14H24N2O4S. The highest BCUT2D eigenvalue weighted by atomic mass is 32.2. The van der Waals surface area contributed by atoms with Crippen LogP contribution < -0.4 is 11.1 Å². The zero-order valence-corrected chi connectivity index (χ0v) is 13.0. The Morgan fingerprint density at radius 1 is 1.05 bits per heavy atom. The molecule has 0 heterocycles. The molecule has 2 rings (SSSR count). The van der Waals surface area contributed by atoms with Crippen LogP contribution in [0.4, 0.5) is 0 Å². The maximum Gasteiger partial charge on any atom is 0.222 e. The Morgan fingerprint density at radius 2 is 1.71 bits per heavy atom. The molecular weight excluding hydrogens is 292 g/mol. The van der Waals surface area contributed by atoms with Gasteiger partial charge in [-0.15, -0.1) is 0 Å². The minimum Gasteiger partial charge on any atom is -0.369 e. The van der Waals surface area contributed by atoms with Gasteiger partial charge in [-0.25, -0.2) is 8.42 Å². The van der Waals surface area contributed by atoms with Crippen LogP contribution in [0.15, 0.2) is 0 Å². The molecule has 0 radical (unpaired) electrons. The fourth-order valence-corrected chi connectivity index (χ4v) is 5.26. The van der Waals surface area contributed by atoms with E-state index in [1.807, 2.05) is 0 Å². The number of nitrogens with two attached hydrogens (primary N) is 1. The number of hydrogen-bond acceptors (Lipinski definition) is 4. The molecule has 0 aromatic rings. The number of rotatable bonds is 6. The van der Waals surface area contributed by atoms with E-state index in [1.54, 1.807) is 0 Å². The topological polar surface area (TPSA) is 106 Å². The van der Waals surface area contributed by atoms with Crippen LogP contribution in [0.1, 0.15) is 51.4 Å². The summed E-state index contributed by atoms with van der Waals surface area (Å²) in [4.78, 5) is 23.2. The molecule has 0 spiro atoms. The summed E-state index contributed by atoms with van der Waals surface area (Å²) in [6.45, 7) is 0. The molecule has 0 unspecified atom stereocenters. The molecule has 120 valence electrons. The Balaban J connectivity index is 1.80. The monoisotopic (exact) mass is 316 g/mol. The molecule has 2 amide bonds. The average molecular weight is 316 g/mol. The first-order chi connectivity index (χ1) is 9.90. The lowest BCUT2D eigenvalue weighted by Crippen LogP contribution is -2.42. The SMILES string of the molecule is NC(=O)[C@@H]1CCC[C@H]1NC(=O)CCS(=O)(=O)C1CCCC1. The van der Waals surface area contributed by atoms with Crippen LogP contribution in [0.25, 0.3) is 0 Å². The fourth-order valence-electron chi connectivity index (χ4n) is 3.40. The van der Waals surface area contributed by atoms with E-state index in [0.29, 0.717) is 6.42 Å². The van der Waals surface area contributed by atoms with Crippen LogP contribution >= 0.6 is 0 Å². The van der Waals surface area contributed by atoms with Crippen molar-refractivity contribution in [2.24, 2.45) is 11.7 Å². The quantitative estimate of drug-likeness (QED) is 0.744. The molecule has 6 nitrogen and oxygen atoms in total. The molecule has 0 aliphatic heterocycles. The molecule has 0 bridgehead atoms. The van der Waals surface area contributed by atoms with E-state index in [0.717, 1.165) is 38.5 Å². The molecule has 2 aliphatic carbocycles. The third kappa shape index (κ3) is 4.18. The Kier molecular flexibility index (Phi) is 5.24. The fraction of sp³-hybridized carbons (Fsp3) is 0.857. The normalized spacial score (nSPS) is 26.9. The third-order valence-corrected chi connectivity index (χ3v) is 6.91. The molecule has 2 saturated carbocycles. The molecule has 2 atom stereocenters. The second-order valence-electron chi connectivity index (χ2n) is 6.14. The van der Waals surface area contributed by atoms with E-state index in [-0.39, 0.29) is 35.3 Å². The number of primary amides is 1. The summed E-state index contributed by atoms with van der Waals surface area (Å²) < 4.78 is 24.2. The van der Waals surface area contributed by atoms with Crippen molar-refractivity contribution in [3.8, 4) is 0 Å². The van der Waals surface area contributed by atoms with E-state index in [2.05, 4.69) is 5.32 Å². The van der Waals surface area contributed by atoms with Gasteiger partial charge in [0, 0.05) is 12.5 Å². The van der Waals surface area contributed by atoms with Crippen molar-refractivity contribution in [2.45, 2.75) is 62.7 Å². The predicted octanol–water partition coefficient (Wildman–Crippen LogP) is 0.504. The van der Waals surface area contributed by atoms with Crippen molar-refractivity contribution >= 4 is 21.7 Å². The second-order valence-corrected chi connectivity index (χ2v) is 8.54. The highest BCUT2D eigenvalue weighted by Crippen LogP contribution is 2.26. The Bertz CT molecular complexity index is 497. The van der Waals surface area contributed by atoms with Gasteiger partial charge in [-0.2, -0.15) is 0 Å². The van der Waals surface area contributed by atoms with Crippen LogP contribution in [-0.2, 0) is 19.4 Å². The summed E-state index contributed by atoms with van der Waals surface area (Å²) in [5.41, 5.74) is 5.30. The van der Waals surface area contributed by atoms with Gasteiger partial charge in [0.1, 0.15) is 0 Å². The maximum absolute atomic E-state index is 12.1. The van der Waals surface area contributed by atoms with E-state index < -0.39 is 15.7 Å². The number of amides is 2. The summed E-state index contributed by atoms with van der Waals surface area (Å²) in [7, 11) is -3.17. The van der Waals surface area contributed by atoms with E-state index in [9.17, 15) is 18.0 Å². The number of carbonyl (C=O) groups excluding carboxylic acids is 2. The molecule has 7 heteroatoms. The minimum absolute atomic E-state index is 0.0270. The highest BCUT2D eigenvalue weighted by molar-refractivity contribution is 7.92. The van der Waals surface area contributed by atoms with Crippen LogP contribution in [0.5, 0.6) is 0 Å². The number of sulfone groups is 1. The molecule has 3 N–H and O–H groups in total. The van der Waals surface area contributed by atoms with Gasteiger partial charge in [-0.1, -0.05) is 19.3 Å². The first-order valence-electron chi connectivity index (χ1n) is 7.70. The van der Waals surface area contributed by atoms with E-state index in [1.165, 1.54) is 0 Å². The number of hydrogen-bond donors (Lipinski definition) is 2. The summed E-state index contributed by atoms with van der Waals surface area (Å²) in [6, 6.07) is -0.232. The number of carbonyl (C=O) groups is 2. The zero-order chi connectivity index (χ0) is 15.5. The predicted molar refractivity (Wildman–Crippen MR) is 79.1 cm³/mol. The third-order valence-electron chi connectivity index (χ3n) is 4.65. The lowest BCUT2D eigenvalue weighted by molar-refractivity contribution is -0.124. The summed E-state index contributed by atoms with van der Waals surface area (Å²) in [6.07, 6.45) is 5.61. The lowest BCUT2D eigenvalue weighted by atomic mass is 10.0. The summed E-state index contributed by atoms with van der Waals surface area (Å²) >= 11 is 0. The largest absolute Gasteiger partial charge is 0.369 e. The zero-order valence-electron chi connectivity index (χ0n) is 12.2. The van der Waals surface area contributed by atoms with Crippen LogP contribution in [0, 0.1) is 5.92 Å². The van der Waals surface area contributed by atoms with Crippen molar-refractivity contribution < 1.29 is 18.0 Å². The molecule has 21 heavy (non-hydrogen) atoms. The van der Waals surface area contributed by atoms with Gasteiger partial charge in [0.25, 0.3) is 0 Å². The van der Waals surface area contributed by atoms with Crippen LogP contribution in [-0.4, -0.2) is 37.3 Å². The van der Waals surface area contributed by atoms with Crippen molar-refractivity contribution in [1.29, 1.82) is 0 Å². The van der Waals surface area contributed by atoms with Crippen molar-refractivity contribution in [2.75, 3.05) is 5.75 Å². The maximum atomic E-state index is 12.1. The minimum atomic E-state index is -3.17. The van der Waals surface area contributed by atoms with Gasteiger partial charge in [-0.05, 0) is 25.7 Å². The van der Waals surface area contributed by atoms with Gasteiger partial charge in [0.05, 0.1) is 16.9 Å². The standard InChI is InChI=1S/C14H24N2O4S/c15-14(18)11-6-3-7-12(11)16-13(17)8-9-21(19,20)10-4-1-2-5-10/h10-12H,1-9H2,(H2,15,18)(H,16,17)/t11-,12-/m1/s1. The van der Waals surface area contributed by atoms with Gasteiger partial charge in [0.2, 0.25) is 11.8 Å². The Hall–Kier alpha value is -1.11. The Labute approximate surface area is 125 Å². The van der Waals surface area contributed by atoms with Crippen molar-refractivity contribution in [1.82, 2.24) is 5.32 Å². The first-order valence-corrected chi connectivity index (χ1v) is 9.42. The second kappa shape index (κ2) is 6.77. The smallest absolute Gasteiger partial charge is 0.222 e. The summed E-state index contributed by atoms with van der Waals surface area (Å²) in [5, 5.41) is 2.50. The molecule has 0 saturated heterocycles. The lowest BCUT2D eigenvalue weighted by Gasteiger charge is -2.18. The van der Waals surface area contributed by atoms with Gasteiger partial charge in [-0.3, -0.25) is 9.59 Å². The number of nitrogens with one attached hydrogen (secondary N) is 1. The van der Waals surface area contributed by atoms with Crippen molar-refractivity contribution in [3.63, 3.8) is 0 Å². The highest BCUT2D eigenvalue weighted by Gasteiger charge is 2.33. The average Bonchev–Trinajstić information content (AvgIpc) is 3.07. The van der Waals surface area contributed by atoms with Gasteiger partial charge >= 0.3 is 0 Å². The van der Waals surface area contributed by atoms with E-state index in [4.69, 9.17) is 5.73 Å². The van der Waals surface area contributed by atoms with Crippen LogP contribution in [0.3, 0.4) is 0 Å². The molecule has 2 aliphatic rings. The van der Waals surface area contributed by atoms with Crippen LogP contribution in [0.2, 0.25) is 0 Å². The molecule has 0 aromatic carbocycles. The molecule has 0 aromatic heterocycles. The van der Waals surface area contributed by atoms with Gasteiger partial charge in [0.15, 0.2) is 9.84 Å². The van der Waals surface area contributed by atoms with Gasteiger partial charge < -0.3 is 11.1 Å². The van der Waals surface area contributed by atoms with Crippen molar-refractivity contribution in [3.05, 3.63) is 0 Å². The Morgan fingerprint density at radius 3 is 2.33 bits per heavy atom.